The molecule has 1 atom stereocenters. The van der Waals surface area contributed by atoms with E-state index in [1.54, 1.807) is 7.11 Å². The van der Waals surface area contributed by atoms with Crippen LogP contribution < -0.4 is 10.1 Å². The lowest BCUT2D eigenvalue weighted by Gasteiger charge is -2.35. The second-order valence-electron chi connectivity index (χ2n) is 5.72. The average Bonchev–Trinajstić information content (AvgIpc) is 2.47. The van der Waals surface area contributed by atoms with Gasteiger partial charge in [0, 0.05) is 12.6 Å². The van der Waals surface area contributed by atoms with Crippen molar-refractivity contribution in [2.24, 2.45) is 5.92 Å². The first-order valence-corrected chi connectivity index (χ1v) is 7.26. The van der Waals surface area contributed by atoms with Crippen molar-refractivity contribution >= 4 is 0 Å². The van der Waals surface area contributed by atoms with Gasteiger partial charge in [-0.1, -0.05) is 25.3 Å². The second-order valence-corrected chi connectivity index (χ2v) is 5.72. The van der Waals surface area contributed by atoms with Crippen LogP contribution in [-0.2, 0) is 13.0 Å². The highest BCUT2D eigenvalue weighted by Crippen LogP contribution is 2.31. The molecule has 0 bridgehead atoms. The molecule has 1 aliphatic carbocycles. The highest BCUT2D eigenvalue weighted by atomic mass is 16.5. The molecule has 1 aromatic rings. The molecule has 0 saturated heterocycles. The molecule has 1 aliphatic heterocycles. The summed E-state index contributed by atoms with van der Waals surface area (Å²) in [4.78, 5) is 0. The lowest BCUT2D eigenvalue weighted by molar-refractivity contribution is 0.257. The summed E-state index contributed by atoms with van der Waals surface area (Å²) in [5.74, 6) is 1.88. The van der Waals surface area contributed by atoms with Crippen LogP contribution in [0, 0.1) is 5.92 Å². The van der Waals surface area contributed by atoms with E-state index in [1.807, 2.05) is 0 Å². The fourth-order valence-electron chi connectivity index (χ4n) is 3.51. The summed E-state index contributed by atoms with van der Waals surface area (Å²) in [6, 6.07) is 7.23. The van der Waals surface area contributed by atoms with Gasteiger partial charge in [0.1, 0.15) is 5.75 Å². The minimum Gasteiger partial charge on any atom is -0.497 e. The van der Waals surface area contributed by atoms with Crippen LogP contribution >= 0.6 is 0 Å². The first kappa shape index (κ1) is 12.0. The Balaban J connectivity index is 1.72. The third-order valence-corrected chi connectivity index (χ3v) is 4.63. The van der Waals surface area contributed by atoms with Crippen molar-refractivity contribution < 1.29 is 4.74 Å². The highest BCUT2D eigenvalue weighted by Gasteiger charge is 2.27. The number of hydrogen-bond donors (Lipinski definition) is 1. The summed E-state index contributed by atoms with van der Waals surface area (Å²) >= 11 is 0. The molecule has 1 aromatic carbocycles. The van der Waals surface area contributed by atoms with Gasteiger partial charge in [-0.25, -0.2) is 0 Å². The van der Waals surface area contributed by atoms with Gasteiger partial charge in [-0.05, 0) is 48.4 Å². The third kappa shape index (κ3) is 2.39. The first-order valence-electron chi connectivity index (χ1n) is 7.26. The van der Waals surface area contributed by atoms with E-state index in [1.165, 1.54) is 49.7 Å². The van der Waals surface area contributed by atoms with Crippen LogP contribution in [0.25, 0.3) is 0 Å². The van der Waals surface area contributed by atoms with Crippen molar-refractivity contribution in [2.75, 3.05) is 7.11 Å². The number of fused-ring (bicyclic) bond motifs is 1. The van der Waals surface area contributed by atoms with Gasteiger partial charge in [0.15, 0.2) is 0 Å². The molecule has 1 heterocycles. The number of ether oxygens (including phenoxy) is 1. The van der Waals surface area contributed by atoms with Gasteiger partial charge >= 0.3 is 0 Å². The SMILES string of the molecule is COc1ccc2c(c1)CNC(C1CCCCC1)C2. The molecule has 1 saturated carbocycles. The summed E-state index contributed by atoms with van der Waals surface area (Å²) in [6.45, 7) is 1.01. The third-order valence-electron chi connectivity index (χ3n) is 4.63. The Labute approximate surface area is 110 Å². The van der Waals surface area contributed by atoms with Crippen molar-refractivity contribution in [3.63, 3.8) is 0 Å². The molecule has 2 heteroatoms. The second kappa shape index (κ2) is 5.31. The Morgan fingerprint density at radius 1 is 1.11 bits per heavy atom. The molecular weight excluding hydrogens is 222 g/mol. The molecule has 0 spiro atoms. The van der Waals surface area contributed by atoms with E-state index in [2.05, 4.69) is 23.5 Å². The van der Waals surface area contributed by atoms with Gasteiger partial charge in [0.05, 0.1) is 7.11 Å². The molecule has 0 aromatic heterocycles. The summed E-state index contributed by atoms with van der Waals surface area (Å²) in [7, 11) is 1.74. The number of nitrogens with one attached hydrogen (secondary N) is 1. The first-order chi connectivity index (χ1) is 8.86. The summed E-state index contributed by atoms with van der Waals surface area (Å²) < 4.78 is 5.30. The lowest BCUT2D eigenvalue weighted by Crippen LogP contribution is -2.42. The molecule has 18 heavy (non-hydrogen) atoms. The van der Waals surface area contributed by atoms with Gasteiger partial charge in [-0.15, -0.1) is 0 Å². The van der Waals surface area contributed by atoms with E-state index in [4.69, 9.17) is 4.74 Å². The minimum atomic E-state index is 0.700. The van der Waals surface area contributed by atoms with E-state index in [9.17, 15) is 0 Å². The number of rotatable bonds is 2. The summed E-state index contributed by atoms with van der Waals surface area (Å²) in [6.07, 6.45) is 8.34. The molecule has 0 radical (unpaired) electrons. The molecule has 1 unspecified atom stereocenters. The number of methoxy groups -OCH3 is 1. The van der Waals surface area contributed by atoms with Crippen molar-refractivity contribution in [1.29, 1.82) is 0 Å². The number of hydrogen-bond acceptors (Lipinski definition) is 2. The van der Waals surface area contributed by atoms with Crippen LogP contribution in [-0.4, -0.2) is 13.2 Å². The average molecular weight is 245 g/mol. The lowest BCUT2D eigenvalue weighted by atomic mass is 9.79. The topological polar surface area (TPSA) is 21.3 Å². The van der Waals surface area contributed by atoms with Crippen molar-refractivity contribution in [1.82, 2.24) is 5.32 Å². The molecule has 98 valence electrons. The zero-order chi connectivity index (χ0) is 12.4. The molecule has 3 rings (SSSR count). The van der Waals surface area contributed by atoms with Gasteiger partial charge < -0.3 is 10.1 Å². The molecule has 0 amide bonds. The van der Waals surface area contributed by atoms with Gasteiger partial charge in [-0.2, -0.15) is 0 Å². The Hall–Kier alpha value is -1.02. The largest absolute Gasteiger partial charge is 0.497 e. The normalized spacial score (nSPS) is 24.6. The molecule has 2 aliphatic rings. The van der Waals surface area contributed by atoms with Crippen LogP contribution in [0.5, 0.6) is 5.75 Å². The number of benzene rings is 1. The fraction of sp³-hybridized carbons (Fsp3) is 0.625. The Kier molecular flexibility index (Phi) is 3.55. The predicted molar refractivity (Wildman–Crippen MR) is 73.9 cm³/mol. The van der Waals surface area contributed by atoms with E-state index < -0.39 is 0 Å². The quantitative estimate of drug-likeness (QED) is 0.863. The maximum Gasteiger partial charge on any atom is 0.119 e. The van der Waals surface area contributed by atoms with E-state index in [0.29, 0.717) is 6.04 Å². The van der Waals surface area contributed by atoms with Gasteiger partial charge in [-0.3, -0.25) is 0 Å². The Morgan fingerprint density at radius 3 is 2.72 bits per heavy atom. The van der Waals surface area contributed by atoms with Crippen LogP contribution in [0.1, 0.15) is 43.2 Å². The van der Waals surface area contributed by atoms with Crippen LogP contribution in [0.15, 0.2) is 18.2 Å². The Bertz CT molecular complexity index is 410. The molecule has 1 fully saturated rings. The molecular formula is C16H23NO. The molecule has 2 nitrogen and oxygen atoms in total. The summed E-state index contributed by atoms with van der Waals surface area (Å²) in [5.41, 5.74) is 2.94. The van der Waals surface area contributed by atoms with E-state index in [-0.39, 0.29) is 0 Å². The fourth-order valence-corrected chi connectivity index (χ4v) is 3.51. The maximum absolute atomic E-state index is 5.30. The highest BCUT2D eigenvalue weighted by molar-refractivity contribution is 5.37. The van der Waals surface area contributed by atoms with Crippen molar-refractivity contribution in [2.45, 2.75) is 51.1 Å². The van der Waals surface area contributed by atoms with Crippen molar-refractivity contribution in [3.8, 4) is 5.75 Å². The van der Waals surface area contributed by atoms with Gasteiger partial charge in [0.25, 0.3) is 0 Å². The van der Waals surface area contributed by atoms with Crippen LogP contribution in [0.4, 0.5) is 0 Å². The predicted octanol–water partition coefficient (Wildman–Crippen LogP) is 3.29. The molecule has 1 N–H and O–H groups in total. The van der Waals surface area contributed by atoms with Crippen molar-refractivity contribution in [3.05, 3.63) is 29.3 Å². The van der Waals surface area contributed by atoms with Crippen LogP contribution in [0.2, 0.25) is 0 Å². The summed E-state index contributed by atoms with van der Waals surface area (Å²) in [5, 5.41) is 3.74. The van der Waals surface area contributed by atoms with E-state index in [0.717, 1.165) is 18.2 Å². The monoisotopic (exact) mass is 245 g/mol. The van der Waals surface area contributed by atoms with E-state index >= 15 is 0 Å². The minimum absolute atomic E-state index is 0.700. The Morgan fingerprint density at radius 2 is 1.94 bits per heavy atom. The standard InChI is InChI=1S/C16H23NO/c1-18-15-8-7-13-10-16(17-11-14(13)9-15)12-5-3-2-4-6-12/h7-9,12,16-17H,2-6,10-11H2,1H3. The zero-order valence-electron chi connectivity index (χ0n) is 11.2. The van der Waals surface area contributed by atoms with Crippen LogP contribution in [0.3, 0.4) is 0 Å². The van der Waals surface area contributed by atoms with Gasteiger partial charge in [0.2, 0.25) is 0 Å². The maximum atomic E-state index is 5.30. The zero-order valence-corrected chi connectivity index (χ0v) is 11.2. The smallest absolute Gasteiger partial charge is 0.119 e.